The molecule has 9 heteroatoms. The number of anilines is 4. The van der Waals surface area contributed by atoms with Crippen LogP contribution in [0.3, 0.4) is 0 Å². The Hall–Kier alpha value is -3.59. The lowest BCUT2D eigenvalue weighted by atomic mass is 9.94. The maximum atomic E-state index is 15.4. The Balaban J connectivity index is 1.43. The molecule has 0 unspecified atom stereocenters. The van der Waals surface area contributed by atoms with E-state index in [1.54, 1.807) is 33.2 Å². The molecule has 4 rings (SSSR count). The number of aromatic nitrogens is 3. The summed E-state index contributed by atoms with van der Waals surface area (Å²) < 4.78 is 26.0. The zero-order chi connectivity index (χ0) is 26.5. The van der Waals surface area contributed by atoms with E-state index < -0.39 is 17.2 Å². The molecule has 2 aromatic heterocycles. The van der Waals surface area contributed by atoms with Crippen molar-refractivity contribution in [2.75, 3.05) is 36.1 Å². The van der Waals surface area contributed by atoms with Crippen molar-refractivity contribution in [3.05, 3.63) is 66.6 Å². The molecule has 1 fully saturated rings. The summed E-state index contributed by atoms with van der Waals surface area (Å²) in [6, 6.07) is 13.8. The molecule has 1 aliphatic heterocycles. The number of rotatable bonds is 8. The van der Waals surface area contributed by atoms with Gasteiger partial charge in [0, 0.05) is 37.8 Å². The predicted octanol–water partition coefficient (Wildman–Crippen LogP) is 5.32. The number of benzene rings is 1. The normalized spacial score (nSPS) is 15.3. The van der Waals surface area contributed by atoms with Gasteiger partial charge in [-0.3, -0.25) is 9.88 Å². The van der Waals surface area contributed by atoms with Crippen LogP contribution in [0.2, 0.25) is 0 Å². The summed E-state index contributed by atoms with van der Waals surface area (Å²) in [5.41, 5.74) is -0.130. The van der Waals surface area contributed by atoms with Gasteiger partial charge >= 0.3 is 5.97 Å². The number of esters is 1. The van der Waals surface area contributed by atoms with Gasteiger partial charge in [-0.15, -0.1) is 0 Å². The average Bonchev–Trinajstić information content (AvgIpc) is 2.86. The summed E-state index contributed by atoms with van der Waals surface area (Å²) in [5, 5.41) is 0. The van der Waals surface area contributed by atoms with Crippen LogP contribution >= 0.6 is 0 Å². The molecule has 1 aromatic carbocycles. The number of alkyl halides is 1. The molecule has 0 bridgehead atoms. The monoisotopic (exact) mass is 507 g/mol. The number of hydrogen-bond acceptors (Lipinski definition) is 8. The van der Waals surface area contributed by atoms with Crippen LogP contribution < -0.4 is 9.80 Å². The first-order chi connectivity index (χ1) is 17.6. The van der Waals surface area contributed by atoms with Crippen molar-refractivity contribution in [3.63, 3.8) is 0 Å². The molecule has 0 aliphatic carbocycles. The number of carbonyl (C=O) groups is 1. The molecule has 37 heavy (non-hydrogen) atoms. The Morgan fingerprint density at radius 1 is 1.05 bits per heavy atom. The highest BCUT2D eigenvalue weighted by Crippen LogP contribution is 2.34. The minimum atomic E-state index is -1.51. The average molecular weight is 508 g/mol. The number of hydrogen-bond donors (Lipinski definition) is 0. The Labute approximate surface area is 217 Å². The smallest absolute Gasteiger partial charge is 0.332 e. The van der Waals surface area contributed by atoms with Gasteiger partial charge < -0.3 is 14.4 Å². The fourth-order valence-corrected chi connectivity index (χ4v) is 4.13. The van der Waals surface area contributed by atoms with Gasteiger partial charge in [-0.05, 0) is 51.5 Å². The standard InChI is InChI=1S/C28H34FN5O3/c1-21-10-11-23(31-16-21)34(22-8-6-5-7-9-22)25-18-30-17-24(32-25)33-14-12-28(29,13-15-33)20-36-19-26(35)37-27(2,3)4/h5-11,16-18H,12-15,19-20H2,1-4H3. The zero-order valence-corrected chi connectivity index (χ0v) is 21.9. The summed E-state index contributed by atoms with van der Waals surface area (Å²) >= 11 is 0. The first kappa shape index (κ1) is 26.5. The molecule has 0 N–H and O–H groups in total. The third kappa shape index (κ3) is 7.22. The second-order valence-corrected chi connectivity index (χ2v) is 10.3. The first-order valence-electron chi connectivity index (χ1n) is 12.5. The Morgan fingerprint density at radius 2 is 1.78 bits per heavy atom. The summed E-state index contributed by atoms with van der Waals surface area (Å²) in [5.74, 6) is 1.53. The van der Waals surface area contributed by atoms with Gasteiger partial charge in [0.25, 0.3) is 0 Å². The molecule has 1 saturated heterocycles. The van der Waals surface area contributed by atoms with E-state index in [0.29, 0.717) is 24.7 Å². The molecule has 8 nitrogen and oxygen atoms in total. The minimum Gasteiger partial charge on any atom is -0.458 e. The molecular weight excluding hydrogens is 473 g/mol. The molecular formula is C28H34FN5O3. The highest BCUT2D eigenvalue weighted by molar-refractivity contribution is 5.72. The van der Waals surface area contributed by atoms with E-state index in [4.69, 9.17) is 14.5 Å². The third-order valence-electron chi connectivity index (χ3n) is 5.96. The summed E-state index contributed by atoms with van der Waals surface area (Å²) in [7, 11) is 0. The van der Waals surface area contributed by atoms with Gasteiger partial charge in [-0.1, -0.05) is 24.3 Å². The molecule has 0 atom stereocenters. The molecule has 0 saturated carbocycles. The molecule has 0 radical (unpaired) electrons. The zero-order valence-electron chi connectivity index (χ0n) is 21.9. The number of aryl methyl sites for hydroxylation is 1. The van der Waals surface area contributed by atoms with E-state index >= 15 is 4.39 Å². The van der Waals surface area contributed by atoms with Crippen LogP contribution in [0.25, 0.3) is 0 Å². The highest BCUT2D eigenvalue weighted by atomic mass is 19.1. The van der Waals surface area contributed by atoms with Crippen LogP contribution in [-0.2, 0) is 14.3 Å². The highest BCUT2D eigenvalue weighted by Gasteiger charge is 2.36. The lowest BCUT2D eigenvalue weighted by molar-refractivity contribution is -0.161. The van der Waals surface area contributed by atoms with E-state index in [9.17, 15) is 4.79 Å². The van der Waals surface area contributed by atoms with Crippen LogP contribution in [0.4, 0.5) is 27.5 Å². The van der Waals surface area contributed by atoms with Crippen LogP contribution in [0.1, 0.15) is 39.2 Å². The second-order valence-electron chi connectivity index (χ2n) is 10.3. The molecule has 3 heterocycles. The molecule has 0 spiro atoms. The number of pyridine rings is 1. The third-order valence-corrected chi connectivity index (χ3v) is 5.96. The van der Waals surface area contributed by atoms with Crippen molar-refractivity contribution in [3.8, 4) is 0 Å². The van der Waals surface area contributed by atoms with Crippen LogP contribution in [0.5, 0.6) is 0 Å². The fourth-order valence-electron chi connectivity index (χ4n) is 4.13. The molecule has 1 aliphatic rings. The topological polar surface area (TPSA) is 80.7 Å². The SMILES string of the molecule is Cc1ccc(N(c2ccccc2)c2cncc(N3CCC(F)(COCC(=O)OC(C)(C)C)CC3)n2)nc1. The Morgan fingerprint density at radius 3 is 2.43 bits per heavy atom. The molecule has 196 valence electrons. The van der Waals surface area contributed by atoms with E-state index in [-0.39, 0.29) is 26.1 Å². The van der Waals surface area contributed by atoms with Gasteiger partial charge in [0.05, 0.1) is 19.0 Å². The van der Waals surface area contributed by atoms with Gasteiger partial charge in [0.2, 0.25) is 0 Å². The van der Waals surface area contributed by atoms with Gasteiger partial charge in [-0.2, -0.15) is 0 Å². The van der Waals surface area contributed by atoms with Crippen molar-refractivity contribution < 1.29 is 18.7 Å². The largest absolute Gasteiger partial charge is 0.458 e. The van der Waals surface area contributed by atoms with Crippen molar-refractivity contribution in [1.29, 1.82) is 0 Å². The number of piperidine rings is 1. The van der Waals surface area contributed by atoms with Crippen LogP contribution in [-0.4, -0.2) is 58.5 Å². The predicted molar refractivity (Wildman–Crippen MR) is 141 cm³/mol. The van der Waals surface area contributed by atoms with E-state index in [1.165, 1.54) is 0 Å². The molecule has 3 aromatic rings. The van der Waals surface area contributed by atoms with Gasteiger partial charge in [0.1, 0.15) is 29.5 Å². The van der Waals surface area contributed by atoms with Crippen molar-refractivity contribution in [1.82, 2.24) is 15.0 Å². The fraction of sp³-hybridized carbons (Fsp3) is 0.429. The summed E-state index contributed by atoms with van der Waals surface area (Å²) in [4.78, 5) is 29.7. The summed E-state index contributed by atoms with van der Waals surface area (Å²) in [6.45, 7) is 7.85. The number of ether oxygens (including phenoxy) is 2. The van der Waals surface area contributed by atoms with E-state index in [1.807, 2.05) is 65.4 Å². The van der Waals surface area contributed by atoms with Crippen LogP contribution in [0, 0.1) is 6.92 Å². The number of halogens is 1. The van der Waals surface area contributed by atoms with Gasteiger partial charge in [-0.25, -0.2) is 19.2 Å². The first-order valence-corrected chi connectivity index (χ1v) is 12.5. The minimum absolute atomic E-state index is 0.146. The maximum absolute atomic E-state index is 15.4. The van der Waals surface area contributed by atoms with Crippen molar-refractivity contribution >= 4 is 29.1 Å². The Bertz CT molecular complexity index is 1180. The van der Waals surface area contributed by atoms with Crippen molar-refractivity contribution in [2.45, 2.75) is 51.8 Å². The summed E-state index contributed by atoms with van der Waals surface area (Å²) in [6.07, 6.45) is 5.73. The van der Waals surface area contributed by atoms with E-state index in [0.717, 1.165) is 17.1 Å². The maximum Gasteiger partial charge on any atom is 0.332 e. The number of para-hydroxylation sites is 1. The van der Waals surface area contributed by atoms with Gasteiger partial charge in [0.15, 0.2) is 5.82 Å². The van der Waals surface area contributed by atoms with Crippen LogP contribution in [0.15, 0.2) is 61.1 Å². The number of nitrogens with zero attached hydrogens (tertiary/aromatic N) is 5. The quantitative estimate of drug-likeness (QED) is 0.379. The lowest BCUT2D eigenvalue weighted by Gasteiger charge is -2.37. The second kappa shape index (κ2) is 11.2. The number of carbonyl (C=O) groups excluding carboxylic acids is 1. The Kier molecular flexibility index (Phi) is 8.02. The lowest BCUT2D eigenvalue weighted by Crippen LogP contribution is -2.45. The molecule has 0 amide bonds. The van der Waals surface area contributed by atoms with Crippen molar-refractivity contribution in [2.24, 2.45) is 0 Å². The van der Waals surface area contributed by atoms with E-state index in [2.05, 4.69) is 9.97 Å².